The number of benzene rings is 1. The van der Waals surface area contributed by atoms with Crippen molar-refractivity contribution in [2.75, 3.05) is 13.1 Å². The van der Waals surface area contributed by atoms with E-state index in [1.807, 2.05) is 11.8 Å². The molecule has 1 fully saturated rings. The summed E-state index contributed by atoms with van der Waals surface area (Å²) in [6, 6.07) is 10.7. The minimum atomic E-state index is -0.689. The van der Waals surface area contributed by atoms with Crippen LogP contribution in [0.5, 0.6) is 0 Å². The maximum absolute atomic E-state index is 12.5. The number of carbonyl (C=O) groups is 1. The molecule has 0 spiro atoms. The third-order valence-electron chi connectivity index (χ3n) is 4.84. The Kier molecular flexibility index (Phi) is 8.07. The Morgan fingerprint density at radius 3 is 2.43 bits per heavy atom. The highest BCUT2D eigenvalue weighted by molar-refractivity contribution is 5.86. The van der Waals surface area contributed by atoms with Crippen LogP contribution in [0.2, 0.25) is 0 Å². The molecule has 2 N–H and O–H groups in total. The van der Waals surface area contributed by atoms with Gasteiger partial charge < -0.3 is 10.6 Å². The zero-order valence-electron chi connectivity index (χ0n) is 14.5. The number of hydrogen-bond donors (Lipinski definition) is 1. The van der Waals surface area contributed by atoms with Gasteiger partial charge in [0.2, 0.25) is 5.91 Å². The lowest BCUT2D eigenvalue weighted by Gasteiger charge is -2.37. The van der Waals surface area contributed by atoms with Gasteiger partial charge in [-0.2, -0.15) is 0 Å². The fourth-order valence-corrected chi connectivity index (χ4v) is 3.43. The molecule has 23 heavy (non-hydrogen) atoms. The molecule has 1 aromatic rings. The van der Waals surface area contributed by atoms with Crippen LogP contribution >= 0.6 is 12.4 Å². The minimum absolute atomic E-state index is 0. The SMILES string of the molecule is CCCC(C)(N)C(=O)N1CCC(CCc2ccccc2)CC1.Cl. The van der Waals surface area contributed by atoms with Gasteiger partial charge in [0.25, 0.3) is 0 Å². The first-order valence-corrected chi connectivity index (χ1v) is 8.65. The first-order chi connectivity index (χ1) is 10.5. The molecule has 0 aliphatic carbocycles. The fourth-order valence-electron chi connectivity index (χ4n) is 3.43. The lowest BCUT2D eigenvalue weighted by atomic mass is 9.88. The summed E-state index contributed by atoms with van der Waals surface area (Å²) < 4.78 is 0. The van der Waals surface area contributed by atoms with E-state index in [-0.39, 0.29) is 18.3 Å². The van der Waals surface area contributed by atoms with Gasteiger partial charge in [0.1, 0.15) is 0 Å². The highest BCUT2D eigenvalue weighted by Gasteiger charge is 2.33. The van der Waals surface area contributed by atoms with Gasteiger partial charge >= 0.3 is 0 Å². The van der Waals surface area contributed by atoms with Crippen LogP contribution in [-0.2, 0) is 11.2 Å². The molecule has 1 aromatic carbocycles. The van der Waals surface area contributed by atoms with Gasteiger partial charge in [-0.25, -0.2) is 0 Å². The van der Waals surface area contributed by atoms with Crippen molar-refractivity contribution in [3.8, 4) is 0 Å². The number of nitrogens with zero attached hydrogens (tertiary/aromatic N) is 1. The monoisotopic (exact) mass is 338 g/mol. The molecule has 1 atom stereocenters. The first-order valence-electron chi connectivity index (χ1n) is 8.65. The van der Waals surface area contributed by atoms with Crippen LogP contribution in [0.15, 0.2) is 30.3 Å². The van der Waals surface area contributed by atoms with Gasteiger partial charge in [0.05, 0.1) is 5.54 Å². The first kappa shape index (κ1) is 20.0. The van der Waals surface area contributed by atoms with E-state index in [4.69, 9.17) is 5.73 Å². The van der Waals surface area contributed by atoms with Gasteiger partial charge in [-0.3, -0.25) is 4.79 Å². The summed E-state index contributed by atoms with van der Waals surface area (Å²) >= 11 is 0. The molecule has 4 heteroatoms. The van der Waals surface area contributed by atoms with Crippen LogP contribution in [-0.4, -0.2) is 29.4 Å². The molecule has 0 aromatic heterocycles. The second-order valence-electron chi connectivity index (χ2n) is 6.93. The van der Waals surface area contributed by atoms with E-state index < -0.39 is 5.54 Å². The summed E-state index contributed by atoms with van der Waals surface area (Å²) in [7, 11) is 0. The van der Waals surface area contributed by atoms with Crippen LogP contribution in [0.25, 0.3) is 0 Å². The van der Waals surface area contributed by atoms with Crippen molar-refractivity contribution < 1.29 is 4.79 Å². The average molecular weight is 339 g/mol. The fraction of sp³-hybridized carbons (Fsp3) is 0.632. The lowest BCUT2D eigenvalue weighted by molar-refractivity contribution is -0.138. The lowest BCUT2D eigenvalue weighted by Crippen LogP contribution is -2.54. The zero-order chi connectivity index (χ0) is 16.0. The second kappa shape index (κ2) is 9.29. The van der Waals surface area contributed by atoms with Crippen LogP contribution in [0.4, 0.5) is 0 Å². The van der Waals surface area contributed by atoms with E-state index in [0.717, 1.165) is 51.1 Å². The van der Waals surface area contributed by atoms with Crippen molar-refractivity contribution in [1.29, 1.82) is 0 Å². The summed E-state index contributed by atoms with van der Waals surface area (Å²) in [5.41, 5.74) is 6.91. The minimum Gasteiger partial charge on any atom is -0.341 e. The number of likely N-dealkylation sites (tertiary alicyclic amines) is 1. The average Bonchev–Trinajstić information content (AvgIpc) is 2.54. The Hall–Kier alpha value is -1.06. The third kappa shape index (κ3) is 5.82. The number of amides is 1. The molecule has 1 heterocycles. The Bertz CT molecular complexity index is 468. The Morgan fingerprint density at radius 1 is 1.26 bits per heavy atom. The van der Waals surface area contributed by atoms with Gasteiger partial charge in [0, 0.05) is 13.1 Å². The van der Waals surface area contributed by atoms with Crippen molar-refractivity contribution >= 4 is 18.3 Å². The van der Waals surface area contributed by atoms with Crippen LogP contribution in [0, 0.1) is 5.92 Å². The highest BCUT2D eigenvalue weighted by Crippen LogP contribution is 2.24. The van der Waals surface area contributed by atoms with Gasteiger partial charge in [-0.15, -0.1) is 12.4 Å². The van der Waals surface area contributed by atoms with E-state index in [2.05, 4.69) is 37.3 Å². The molecular formula is C19H31ClN2O. The zero-order valence-corrected chi connectivity index (χ0v) is 15.3. The quantitative estimate of drug-likeness (QED) is 0.857. The number of rotatable bonds is 6. The maximum atomic E-state index is 12.5. The summed E-state index contributed by atoms with van der Waals surface area (Å²) in [5, 5.41) is 0. The molecule has 130 valence electrons. The summed E-state index contributed by atoms with van der Waals surface area (Å²) in [6.45, 7) is 5.69. The van der Waals surface area contributed by atoms with E-state index in [0.29, 0.717) is 0 Å². The van der Waals surface area contributed by atoms with Crippen LogP contribution < -0.4 is 5.73 Å². The van der Waals surface area contributed by atoms with Crippen molar-refractivity contribution in [3.63, 3.8) is 0 Å². The van der Waals surface area contributed by atoms with E-state index in [1.165, 1.54) is 12.0 Å². The second-order valence-corrected chi connectivity index (χ2v) is 6.93. The number of carbonyl (C=O) groups excluding carboxylic acids is 1. The molecule has 0 radical (unpaired) electrons. The van der Waals surface area contributed by atoms with Crippen LogP contribution in [0.1, 0.15) is 51.5 Å². The Morgan fingerprint density at radius 2 is 1.87 bits per heavy atom. The summed E-state index contributed by atoms with van der Waals surface area (Å²) in [4.78, 5) is 14.5. The molecule has 1 unspecified atom stereocenters. The van der Waals surface area contributed by atoms with Crippen LogP contribution in [0.3, 0.4) is 0 Å². The third-order valence-corrected chi connectivity index (χ3v) is 4.84. The molecule has 0 bridgehead atoms. The smallest absolute Gasteiger partial charge is 0.242 e. The number of aryl methyl sites for hydroxylation is 1. The summed E-state index contributed by atoms with van der Waals surface area (Å²) in [5.74, 6) is 0.871. The summed E-state index contributed by atoms with van der Waals surface area (Å²) in [6.07, 6.45) is 6.30. The number of hydrogen-bond acceptors (Lipinski definition) is 2. The molecule has 3 nitrogen and oxygen atoms in total. The number of piperidine rings is 1. The molecule has 2 rings (SSSR count). The molecule has 1 aliphatic rings. The van der Waals surface area contributed by atoms with E-state index in [9.17, 15) is 4.79 Å². The predicted octanol–water partition coefficient (Wildman–Crippen LogP) is 3.80. The van der Waals surface area contributed by atoms with Crippen molar-refractivity contribution in [2.45, 2.75) is 57.9 Å². The predicted molar refractivity (Wildman–Crippen MR) is 98.8 cm³/mol. The number of halogens is 1. The highest BCUT2D eigenvalue weighted by atomic mass is 35.5. The van der Waals surface area contributed by atoms with E-state index in [1.54, 1.807) is 0 Å². The largest absolute Gasteiger partial charge is 0.341 e. The standard InChI is InChI=1S/C19H30N2O.ClH/c1-3-13-19(2,20)18(22)21-14-11-17(12-15-21)10-9-16-7-5-4-6-8-16;/h4-8,17H,3,9-15,20H2,1-2H3;1H. The van der Waals surface area contributed by atoms with Gasteiger partial charge in [-0.1, -0.05) is 43.7 Å². The molecule has 1 saturated heterocycles. The Labute approximate surface area is 147 Å². The Balaban J connectivity index is 0.00000264. The topological polar surface area (TPSA) is 46.3 Å². The van der Waals surface area contributed by atoms with Crippen molar-refractivity contribution in [3.05, 3.63) is 35.9 Å². The van der Waals surface area contributed by atoms with Gasteiger partial charge in [-0.05, 0) is 50.5 Å². The normalized spacial score (nSPS) is 18.1. The van der Waals surface area contributed by atoms with E-state index >= 15 is 0 Å². The van der Waals surface area contributed by atoms with Gasteiger partial charge in [0.15, 0.2) is 0 Å². The molecule has 0 saturated carbocycles. The maximum Gasteiger partial charge on any atom is 0.242 e. The molecular weight excluding hydrogens is 308 g/mol. The molecule has 1 amide bonds. The van der Waals surface area contributed by atoms with Crippen molar-refractivity contribution in [1.82, 2.24) is 4.90 Å². The van der Waals surface area contributed by atoms with Crippen molar-refractivity contribution in [2.24, 2.45) is 11.7 Å². The number of nitrogens with two attached hydrogens (primary N) is 1. The molecule has 1 aliphatic heterocycles.